The van der Waals surface area contributed by atoms with Crippen LogP contribution in [0.4, 0.5) is 5.69 Å². The van der Waals surface area contributed by atoms with Crippen molar-refractivity contribution < 1.29 is 17.9 Å². The number of amides is 1. The first kappa shape index (κ1) is 24.8. The Hall–Kier alpha value is -2.84. The monoisotopic (exact) mass is 530 g/mol. The zero-order valence-corrected chi connectivity index (χ0v) is 21.2. The van der Waals surface area contributed by atoms with Crippen LogP contribution in [-0.4, -0.2) is 33.7 Å². The number of anilines is 1. The number of hydrogen-bond donors (Lipinski definition) is 1. The average molecular weight is 531 g/mol. The van der Waals surface area contributed by atoms with E-state index in [9.17, 15) is 13.2 Å². The molecular formula is C25H27BrN2O4S. The molecule has 3 rings (SSSR count). The van der Waals surface area contributed by atoms with Gasteiger partial charge in [-0.05, 0) is 66.9 Å². The highest BCUT2D eigenvalue weighted by Crippen LogP contribution is 2.26. The quantitative estimate of drug-likeness (QED) is 0.401. The fourth-order valence-electron chi connectivity index (χ4n) is 3.26. The number of sulfonamides is 1. The molecule has 3 aromatic carbocycles. The normalized spacial score (nSPS) is 11.2. The molecule has 6 nitrogen and oxygen atoms in total. The van der Waals surface area contributed by atoms with Crippen molar-refractivity contribution in [1.29, 1.82) is 0 Å². The highest BCUT2D eigenvalue weighted by molar-refractivity contribution is 9.10. The number of carbonyl (C=O) groups is 1. The second-order valence-electron chi connectivity index (χ2n) is 7.77. The summed E-state index contributed by atoms with van der Waals surface area (Å²) in [5.74, 6) is 0.589. The van der Waals surface area contributed by atoms with Crippen LogP contribution in [-0.2, 0) is 16.6 Å². The Kier molecular flexibility index (Phi) is 8.15. The maximum absolute atomic E-state index is 12.4. The Labute approximate surface area is 203 Å². The van der Waals surface area contributed by atoms with Crippen molar-refractivity contribution in [3.8, 4) is 5.75 Å². The summed E-state index contributed by atoms with van der Waals surface area (Å²) in [5, 5.41) is 2.84. The number of carbonyl (C=O) groups excluding carboxylic acids is 1. The van der Waals surface area contributed by atoms with E-state index < -0.39 is 10.0 Å². The third-order valence-electron chi connectivity index (χ3n) is 5.11. The smallest absolute Gasteiger partial charge is 0.251 e. The molecule has 0 radical (unpaired) electrons. The molecule has 33 heavy (non-hydrogen) atoms. The van der Waals surface area contributed by atoms with Gasteiger partial charge in [0.15, 0.2) is 0 Å². The second kappa shape index (κ2) is 10.9. The molecule has 1 amide bonds. The SMILES string of the molecule is Cc1cc(N(Cc2ccc(C(=O)NCCOc3ccccc3C)cc2)S(C)(=O)=O)ccc1Br. The molecule has 0 saturated heterocycles. The van der Waals surface area contributed by atoms with Gasteiger partial charge in [0.2, 0.25) is 10.0 Å². The summed E-state index contributed by atoms with van der Waals surface area (Å²) < 4.78 is 32.8. The molecule has 0 aliphatic carbocycles. The highest BCUT2D eigenvalue weighted by atomic mass is 79.9. The molecule has 8 heteroatoms. The molecule has 0 fully saturated rings. The van der Waals surface area contributed by atoms with Gasteiger partial charge in [0.25, 0.3) is 5.91 Å². The highest BCUT2D eigenvalue weighted by Gasteiger charge is 2.19. The summed E-state index contributed by atoms with van der Waals surface area (Å²) in [6.07, 6.45) is 1.19. The predicted molar refractivity (Wildman–Crippen MR) is 135 cm³/mol. The standard InChI is InChI=1S/C25H27BrN2O4S/c1-18-6-4-5-7-24(18)32-15-14-27-25(29)21-10-8-20(9-11-21)17-28(33(3,30)31)22-12-13-23(26)19(2)16-22/h4-13,16H,14-15,17H2,1-3H3,(H,27,29). The van der Waals surface area contributed by atoms with Crippen molar-refractivity contribution in [2.75, 3.05) is 23.7 Å². The summed E-state index contributed by atoms with van der Waals surface area (Å²) in [7, 11) is -3.49. The lowest BCUT2D eigenvalue weighted by Gasteiger charge is -2.23. The number of nitrogens with zero attached hydrogens (tertiary/aromatic N) is 1. The van der Waals surface area contributed by atoms with E-state index in [-0.39, 0.29) is 12.5 Å². The summed E-state index contributed by atoms with van der Waals surface area (Å²) >= 11 is 3.44. The number of rotatable bonds is 9. The summed E-state index contributed by atoms with van der Waals surface area (Å²) in [4.78, 5) is 12.4. The van der Waals surface area contributed by atoms with Gasteiger partial charge < -0.3 is 10.1 Å². The number of benzene rings is 3. The largest absolute Gasteiger partial charge is 0.491 e. The molecule has 3 aromatic rings. The maximum atomic E-state index is 12.4. The van der Waals surface area contributed by atoms with E-state index in [1.807, 2.05) is 50.2 Å². The topological polar surface area (TPSA) is 75.7 Å². The van der Waals surface area contributed by atoms with E-state index in [0.29, 0.717) is 24.4 Å². The number of hydrogen-bond acceptors (Lipinski definition) is 4. The molecule has 1 N–H and O–H groups in total. The number of aryl methyl sites for hydroxylation is 2. The minimum absolute atomic E-state index is 0.173. The molecule has 0 saturated carbocycles. The van der Waals surface area contributed by atoms with Gasteiger partial charge in [-0.25, -0.2) is 8.42 Å². The molecule has 0 heterocycles. The van der Waals surface area contributed by atoms with E-state index in [0.717, 1.165) is 26.9 Å². The molecule has 0 aromatic heterocycles. The van der Waals surface area contributed by atoms with Crippen LogP contribution < -0.4 is 14.4 Å². The molecule has 0 spiro atoms. The van der Waals surface area contributed by atoms with Crippen molar-refractivity contribution in [3.63, 3.8) is 0 Å². The van der Waals surface area contributed by atoms with Crippen molar-refractivity contribution >= 4 is 37.5 Å². The summed E-state index contributed by atoms with van der Waals surface area (Å²) in [6, 6.07) is 20.1. The summed E-state index contributed by atoms with van der Waals surface area (Å²) in [5.41, 5.74) is 3.86. The first-order valence-corrected chi connectivity index (χ1v) is 13.1. The molecule has 0 bridgehead atoms. The third-order valence-corrected chi connectivity index (χ3v) is 7.14. The zero-order chi connectivity index (χ0) is 24.0. The van der Waals surface area contributed by atoms with Crippen molar-refractivity contribution in [2.45, 2.75) is 20.4 Å². The van der Waals surface area contributed by atoms with Gasteiger partial charge in [-0.1, -0.05) is 46.3 Å². The van der Waals surface area contributed by atoms with E-state index in [2.05, 4.69) is 21.2 Å². The Balaban J connectivity index is 1.60. The van der Waals surface area contributed by atoms with Gasteiger partial charge in [0, 0.05) is 10.0 Å². The summed E-state index contributed by atoms with van der Waals surface area (Å²) in [6.45, 7) is 4.79. The number of para-hydroxylation sites is 1. The van der Waals surface area contributed by atoms with E-state index in [1.165, 1.54) is 10.6 Å². The number of ether oxygens (including phenoxy) is 1. The van der Waals surface area contributed by atoms with Crippen LogP contribution in [0.15, 0.2) is 71.2 Å². The maximum Gasteiger partial charge on any atom is 0.251 e. The third kappa shape index (κ3) is 6.82. The van der Waals surface area contributed by atoms with Crippen LogP contribution in [0.2, 0.25) is 0 Å². The van der Waals surface area contributed by atoms with E-state index >= 15 is 0 Å². The van der Waals surface area contributed by atoms with Gasteiger partial charge >= 0.3 is 0 Å². The van der Waals surface area contributed by atoms with Crippen molar-refractivity contribution in [3.05, 3.63) is 93.5 Å². The van der Waals surface area contributed by atoms with Crippen LogP contribution in [0, 0.1) is 13.8 Å². The molecular weight excluding hydrogens is 504 g/mol. The first-order chi connectivity index (χ1) is 15.6. The predicted octanol–water partition coefficient (Wildman–Crippen LogP) is 4.84. The lowest BCUT2D eigenvalue weighted by Crippen LogP contribution is -2.29. The second-order valence-corrected chi connectivity index (χ2v) is 10.5. The van der Waals surface area contributed by atoms with Crippen LogP contribution in [0.5, 0.6) is 5.75 Å². The Morgan fingerprint density at radius 3 is 2.33 bits per heavy atom. The molecule has 0 unspecified atom stereocenters. The minimum Gasteiger partial charge on any atom is -0.491 e. The van der Waals surface area contributed by atoms with Crippen LogP contribution in [0.25, 0.3) is 0 Å². The first-order valence-electron chi connectivity index (χ1n) is 10.4. The molecule has 0 atom stereocenters. The molecule has 174 valence electrons. The Bertz CT molecular complexity index is 1230. The molecule has 0 aliphatic rings. The molecule has 0 aliphatic heterocycles. The van der Waals surface area contributed by atoms with Gasteiger partial charge in [-0.3, -0.25) is 9.10 Å². The average Bonchev–Trinajstić information content (AvgIpc) is 2.77. The van der Waals surface area contributed by atoms with Crippen LogP contribution in [0.3, 0.4) is 0 Å². The van der Waals surface area contributed by atoms with Gasteiger partial charge in [0.05, 0.1) is 25.0 Å². The van der Waals surface area contributed by atoms with Crippen molar-refractivity contribution in [2.24, 2.45) is 0 Å². The van der Waals surface area contributed by atoms with Gasteiger partial charge in [-0.2, -0.15) is 0 Å². The number of halogens is 1. The lowest BCUT2D eigenvalue weighted by atomic mass is 10.1. The lowest BCUT2D eigenvalue weighted by molar-refractivity contribution is 0.0947. The fourth-order valence-corrected chi connectivity index (χ4v) is 4.38. The van der Waals surface area contributed by atoms with E-state index in [1.54, 1.807) is 30.3 Å². The Morgan fingerprint density at radius 1 is 1.00 bits per heavy atom. The van der Waals surface area contributed by atoms with Crippen LogP contribution >= 0.6 is 15.9 Å². The van der Waals surface area contributed by atoms with Gasteiger partial charge in [-0.15, -0.1) is 0 Å². The van der Waals surface area contributed by atoms with Gasteiger partial charge in [0.1, 0.15) is 12.4 Å². The van der Waals surface area contributed by atoms with E-state index in [4.69, 9.17) is 4.74 Å². The fraction of sp³-hybridized carbons (Fsp3) is 0.240. The van der Waals surface area contributed by atoms with Crippen molar-refractivity contribution in [1.82, 2.24) is 5.32 Å². The number of nitrogens with one attached hydrogen (secondary N) is 1. The zero-order valence-electron chi connectivity index (χ0n) is 18.8. The minimum atomic E-state index is -3.49. The van der Waals surface area contributed by atoms with Crippen LogP contribution in [0.1, 0.15) is 27.0 Å². The Morgan fingerprint density at radius 2 is 1.70 bits per heavy atom.